The Balaban J connectivity index is 1.61. The lowest BCUT2D eigenvalue weighted by atomic mass is 10.1. The van der Waals surface area contributed by atoms with Gasteiger partial charge in [-0.1, -0.05) is 49.0 Å². The van der Waals surface area contributed by atoms with Crippen LogP contribution in [0.4, 0.5) is 10.1 Å². The van der Waals surface area contributed by atoms with E-state index in [1.165, 1.54) is 23.9 Å². The van der Waals surface area contributed by atoms with Crippen molar-refractivity contribution in [1.82, 2.24) is 14.8 Å². The maximum Gasteiger partial charge on any atom is 0.232 e. The van der Waals surface area contributed by atoms with E-state index in [-0.39, 0.29) is 18.1 Å². The van der Waals surface area contributed by atoms with E-state index in [9.17, 15) is 9.18 Å². The molecule has 0 saturated heterocycles. The largest absolute Gasteiger partial charge is 0.325 e. The third-order valence-corrected chi connectivity index (χ3v) is 5.29. The van der Waals surface area contributed by atoms with E-state index in [1.54, 1.807) is 12.1 Å². The molecule has 0 unspecified atom stereocenters. The zero-order chi connectivity index (χ0) is 19.2. The van der Waals surface area contributed by atoms with Crippen LogP contribution in [0.15, 0.2) is 53.7 Å². The van der Waals surface area contributed by atoms with Gasteiger partial charge in [0.1, 0.15) is 11.6 Å². The second kappa shape index (κ2) is 8.81. The van der Waals surface area contributed by atoms with Crippen molar-refractivity contribution in [3.05, 3.63) is 71.3 Å². The Morgan fingerprint density at radius 2 is 1.89 bits per heavy atom. The number of halogens is 1. The molecule has 0 radical (unpaired) electrons. The van der Waals surface area contributed by atoms with Gasteiger partial charge in [0.05, 0.1) is 6.42 Å². The van der Waals surface area contributed by atoms with Crippen LogP contribution in [0.1, 0.15) is 23.9 Å². The summed E-state index contributed by atoms with van der Waals surface area (Å²) in [5, 5.41) is 12.0. The summed E-state index contributed by atoms with van der Waals surface area (Å²) in [6.45, 7) is 2.05. The van der Waals surface area contributed by atoms with Crippen LogP contribution in [0, 0.1) is 5.82 Å². The predicted octanol–water partition coefficient (Wildman–Crippen LogP) is 3.99. The zero-order valence-corrected chi connectivity index (χ0v) is 16.1. The van der Waals surface area contributed by atoms with Gasteiger partial charge < -0.3 is 9.88 Å². The van der Waals surface area contributed by atoms with Gasteiger partial charge in [-0.2, -0.15) is 0 Å². The fourth-order valence-electron chi connectivity index (χ4n) is 2.64. The highest BCUT2D eigenvalue weighted by atomic mass is 32.2. The van der Waals surface area contributed by atoms with Crippen LogP contribution in [-0.4, -0.2) is 20.7 Å². The van der Waals surface area contributed by atoms with Crippen LogP contribution in [0.2, 0.25) is 0 Å². The molecular formula is C20H21FN4OS. The monoisotopic (exact) mass is 384 g/mol. The number of carbonyl (C=O) groups is 1. The molecule has 0 aliphatic heterocycles. The number of amides is 1. The quantitative estimate of drug-likeness (QED) is 0.626. The Morgan fingerprint density at radius 3 is 2.63 bits per heavy atom. The molecule has 0 aliphatic carbocycles. The summed E-state index contributed by atoms with van der Waals surface area (Å²) >= 11 is 1.50. The molecule has 7 heteroatoms. The molecule has 0 saturated carbocycles. The lowest BCUT2D eigenvalue weighted by Crippen LogP contribution is -2.17. The Bertz CT molecular complexity index is 924. The number of aromatic nitrogens is 3. The van der Waals surface area contributed by atoms with Gasteiger partial charge in [-0.05, 0) is 35.7 Å². The molecule has 0 atom stereocenters. The summed E-state index contributed by atoms with van der Waals surface area (Å²) in [5.41, 5.74) is 2.93. The second-order valence-corrected chi connectivity index (χ2v) is 7.05. The average molecular weight is 384 g/mol. The van der Waals surface area contributed by atoms with Crippen molar-refractivity contribution in [3.63, 3.8) is 0 Å². The van der Waals surface area contributed by atoms with Gasteiger partial charge in [0, 0.05) is 18.5 Å². The van der Waals surface area contributed by atoms with Crippen molar-refractivity contribution in [3.8, 4) is 0 Å². The van der Waals surface area contributed by atoms with Crippen LogP contribution < -0.4 is 5.32 Å². The first kappa shape index (κ1) is 19.1. The molecule has 0 aliphatic rings. The number of rotatable bonds is 7. The molecule has 1 amide bonds. The molecule has 0 fully saturated rings. The van der Waals surface area contributed by atoms with E-state index < -0.39 is 0 Å². The minimum atomic E-state index is -0.250. The molecule has 2 aromatic carbocycles. The first-order valence-corrected chi connectivity index (χ1v) is 9.68. The SMILES string of the molecule is CCc1ccccc1NC(=O)Cc1nnc(SCc2ccc(F)cc2)n1C. The number of nitrogens with one attached hydrogen (secondary N) is 1. The Hall–Kier alpha value is -2.67. The summed E-state index contributed by atoms with van der Waals surface area (Å²) < 4.78 is 14.8. The van der Waals surface area contributed by atoms with Gasteiger partial charge in [0.2, 0.25) is 5.91 Å². The molecule has 3 rings (SSSR count). The van der Waals surface area contributed by atoms with Crippen molar-refractivity contribution < 1.29 is 9.18 Å². The average Bonchev–Trinajstić information content (AvgIpc) is 3.01. The van der Waals surface area contributed by atoms with Crippen molar-refractivity contribution in [2.45, 2.75) is 30.7 Å². The molecule has 0 spiro atoms. The van der Waals surface area contributed by atoms with Gasteiger partial charge >= 0.3 is 0 Å². The standard InChI is InChI=1S/C20H21FN4OS/c1-3-15-6-4-5-7-17(15)22-19(26)12-18-23-24-20(25(18)2)27-13-14-8-10-16(21)11-9-14/h4-11H,3,12-13H2,1-2H3,(H,22,26). The van der Waals surface area contributed by atoms with E-state index in [1.807, 2.05) is 35.9 Å². The van der Waals surface area contributed by atoms with Crippen molar-refractivity contribution in [1.29, 1.82) is 0 Å². The van der Waals surface area contributed by atoms with Crippen LogP contribution in [0.25, 0.3) is 0 Å². The van der Waals surface area contributed by atoms with E-state index in [0.717, 1.165) is 28.4 Å². The van der Waals surface area contributed by atoms with Gasteiger partial charge in [-0.3, -0.25) is 4.79 Å². The van der Waals surface area contributed by atoms with Crippen LogP contribution in [0.5, 0.6) is 0 Å². The van der Waals surface area contributed by atoms with E-state index in [2.05, 4.69) is 22.4 Å². The molecule has 3 aromatic rings. The smallest absolute Gasteiger partial charge is 0.232 e. The van der Waals surface area contributed by atoms with Crippen LogP contribution in [-0.2, 0) is 30.4 Å². The summed E-state index contributed by atoms with van der Waals surface area (Å²) in [6.07, 6.45) is 1.00. The topological polar surface area (TPSA) is 59.8 Å². The van der Waals surface area contributed by atoms with Crippen molar-refractivity contribution in [2.75, 3.05) is 5.32 Å². The van der Waals surface area contributed by atoms with Gasteiger partial charge in [0.15, 0.2) is 5.16 Å². The molecule has 27 heavy (non-hydrogen) atoms. The number of nitrogens with zero attached hydrogens (tertiary/aromatic N) is 3. The number of carbonyl (C=O) groups excluding carboxylic acids is 1. The maximum absolute atomic E-state index is 13.0. The van der Waals surface area contributed by atoms with Crippen LogP contribution in [0.3, 0.4) is 0 Å². The molecule has 140 valence electrons. The van der Waals surface area contributed by atoms with E-state index in [0.29, 0.717) is 11.6 Å². The Labute approximate surface area is 162 Å². The molecular weight excluding hydrogens is 363 g/mol. The normalized spacial score (nSPS) is 10.8. The molecule has 1 N–H and O–H groups in total. The second-order valence-electron chi connectivity index (χ2n) is 6.11. The molecule has 5 nitrogen and oxygen atoms in total. The van der Waals surface area contributed by atoms with Crippen molar-refractivity contribution >= 4 is 23.4 Å². The lowest BCUT2D eigenvalue weighted by molar-refractivity contribution is -0.115. The van der Waals surface area contributed by atoms with Crippen molar-refractivity contribution in [2.24, 2.45) is 7.05 Å². The third-order valence-electron chi connectivity index (χ3n) is 4.20. The number of para-hydroxylation sites is 1. The number of hydrogen-bond acceptors (Lipinski definition) is 4. The minimum Gasteiger partial charge on any atom is -0.325 e. The third kappa shape index (κ3) is 4.95. The molecule has 1 heterocycles. The van der Waals surface area contributed by atoms with E-state index in [4.69, 9.17) is 0 Å². The fourth-order valence-corrected chi connectivity index (χ4v) is 3.53. The first-order valence-electron chi connectivity index (χ1n) is 8.70. The van der Waals surface area contributed by atoms with Gasteiger partial charge in [-0.15, -0.1) is 10.2 Å². The summed E-state index contributed by atoms with van der Waals surface area (Å²) in [6, 6.07) is 14.1. The highest BCUT2D eigenvalue weighted by molar-refractivity contribution is 7.98. The summed E-state index contributed by atoms with van der Waals surface area (Å²) in [5.74, 6) is 0.882. The number of aryl methyl sites for hydroxylation is 1. The number of hydrogen-bond donors (Lipinski definition) is 1. The summed E-state index contributed by atoms with van der Waals surface area (Å²) in [4.78, 5) is 12.4. The lowest BCUT2D eigenvalue weighted by Gasteiger charge is -2.09. The number of anilines is 1. The maximum atomic E-state index is 13.0. The Kier molecular flexibility index (Phi) is 6.24. The number of benzene rings is 2. The highest BCUT2D eigenvalue weighted by Gasteiger charge is 2.14. The number of thioether (sulfide) groups is 1. The van der Waals surface area contributed by atoms with Crippen LogP contribution >= 0.6 is 11.8 Å². The zero-order valence-electron chi connectivity index (χ0n) is 15.3. The van der Waals surface area contributed by atoms with Gasteiger partial charge in [0.25, 0.3) is 0 Å². The summed E-state index contributed by atoms with van der Waals surface area (Å²) in [7, 11) is 1.84. The molecule has 0 bridgehead atoms. The Morgan fingerprint density at radius 1 is 1.15 bits per heavy atom. The molecule has 1 aromatic heterocycles. The van der Waals surface area contributed by atoms with E-state index >= 15 is 0 Å². The minimum absolute atomic E-state index is 0.124. The first-order chi connectivity index (χ1) is 13.1. The van der Waals surface area contributed by atoms with Gasteiger partial charge in [-0.25, -0.2) is 4.39 Å². The highest BCUT2D eigenvalue weighted by Crippen LogP contribution is 2.22. The predicted molar refractivity (Wildman–Crippen MR) is 105 cm³/mol. The fraction of sp³-hybridized carbons (Fsp3) is 0.250.